The Labute approximate surface area is 73.7 Å². The van der Waals surface area contributed by atoms with Crippen LogP contribution in [-0.4, -0.2) is 38.1 Å². The highest BCUT2D eigenvalue weighted by Gasteiger charge is 2.21. The molecule has 1 fully saturated rings. The average Bonchev–Trinajstić information content (AvgIpc) is 2.15. The smallest absolute Gasteiger partial charge is 0.0592 e. The Morgan fingerprint density at radius 2 is 2.17 bits per heavy atom. The van der Waals surface area contributed by atoms with Crippen molar-refractivity contribution >= 4 is 0 Å². The highest BCUT2D eigenvalue weighted by atomic mass is 16.5. The molecule has 1 aliphatic rings. The van der Waals surface area contributed by atoms with Crippen molar-refractivity contribution in [1.29, 1.82) is 0 Å². The van der Waals surface area contributed by atoms with Crippen molar-refractivity contribution in [2.24, 2.45) is 5.92 Å². The zero-order chi connectivity index (χ0) is 8.81. The van der Waals surface area contributed by atoms with Gasteiger partial charge in [-0.1, -0.05) is 0 Å². The predicted octanol–water partition coefficient (Wildman–Crippen LogP) is 0.810. The molecule has 0 saturated carbocycles. The fourth-order valence-corrected chi connectivity index (χ4v) is 1.57. The van der Waals surface area contributed by atoms with Crippen LogP contribution < -0.4 is 0 Å². The zero-order valence-corrected chi connectivity index (χ0v) is 7.66. The molecule has 1 aliphatic heterocycles. The Kier molecular flexibility index (Phi) is 4.58. The monoisotopic (exact) mass is 174 g/mol. The summed E-state index contributed by atoms with van der Waals surface area (Å²) < 4.78 is 10.1. The highest BCUT2D eigenvalue weighted by Crippen LogP contribution is 2.20. The lowest BCUT2D eigenvalue weighted by molar-refractivity contribution is -0.00380. The first kappa shape index (κ1) is 9.96. The van der Waals surface area contributed by atoms with Gasteiger partial charge in [0, 0.05) is 26.9 Å². The Balaban J connectivity index is 2.15. The number of aliphatic hydroxyl groups is 1. The summed E-state index contributed by atoms with van der Waals surface area (Å²) in [5.41, 5.74) is 0. The van der Waals surface area contributed by atoms with Gasteiger partial charge in [-0.3, -0.25) is 0 Å². The lowest BCUT2D eigenvalue weighted by Crippen LogP contribution is -2.28. The summed E-state index contributed by atoms with van der Waals surface area (Å²) in [6.45, 7) is 2.25. The van der Waals surface area contributed by atoms with E-state index in [-0.39, 0.29) is 6.10 Å². The molecule has 1 heterocycles. The summed E-state index contributed by atoms with van der Waals surface area (Å²) in [7, 11) is 1.66. The quantitative estimate of drug-likeness (QED) is 0.685. The molecule has 1 N–H and O–H groups in total. The molecule has 1 atom stereocenters. The molecule has 0 bridgehead atoms. The second-order valence-corrected chi connectivity index (χ2v) is 3.30. The van der Waals surface area contributed by atoms with Crippen molar-refractivity contribution in [2.75, 3.05) is 26.9 Å². The van der Waals surface area contributed by atoms with E-state index >= 15 is 0 Å². The number of rotatable bonds is 4. The minimum Gasteiger partial charge on any atom is -0.393 e. The number of methoxy groups -OCH3 is 1. The average molecular weight is 174 g/mol. The van der Waals surface area contributed by atoms with Crippen molar-refractivity contribution in [3.05, 3.63) is 0 Å². The van der Waals surface area contributed by atoms with Gasteiger partial charge in [0.05, 0.1) is 6.10 Å². The summed E-state index contributed by atoms with van der Waals surface area (Å²) in [5.74, 6) is 0.425. The van der Waals surface area contributed by atoms with Crippen LogP contribution in [0.1, 0.15) is 19.3 Å². The van der Waals surface area contributed by atoms with Crippen LogP contribution in [0.25, 0.3) is 0 Å². The third kappa shape index (κ3) is 3.09. The molecule has 72 valence electrons. The standard InChI is InChI=1S/C9H18O3/c1-11-5-4-9(10)8-2-6-12-7-3-8/h8-10H,2-7H2,1H3. The molecule has 0 amide bonds. The molecule has 0 aromatic heterocycles. The Morgan fingerprint density at radius 1 is 1.50 bits per heavy atom. The Hall–Kier alpha value is -0.120. The number of hydrogen-bond donors (Lipinski definition) is 1. The van der Waals surface area contributed by atoms with Crippen molar-refractivity contribution in [3.63, 3.8) is 0 Å². The SMILES string of the molecule is COCCC(O)C1CCOCC1. The van der Waals surface area contributed by atoms with E-state index in [4.69, 9.17) is 9.47 Å². The molecule has 0 aromatic rings. The van der Waals surface area contributed by atoms with Gasteiger partial charge in [0.2, 0.25) is 0 Å². The predicted molar refractivity (Wildman–Crippen MR) is 46.0 cm³/mol. The normalized spacial score (nSPS) is 22.5. The molecule has 1 unspecified atom stereocenters. The molecule has 0 radical (unpaired) electrons. The van der Waals surface area contributed by atoms with E-state index in [9.17, 15) is 5.11 Å². The topological polar surface area (TPSA) is 38.7 Å². The largest absolute Gasteiger partial charge is 0.393 e. The Bertz CT molecular complexity index is 110. The molecule has 3 nitrogen and oxygen atoms in total. The fraction of sp³-hybridized carbons (Fsp3) is 1.00. The fourth-order valence-electron chi connectivity index (χ4n) is 1.57. The number of hydrogen-bond acceptors (Lipinski definition) is 3. The molecule has 0 spiro atoms. The first-order valence-electron chi connectivity index (χ1n) is 4.59. The third-order valence-electron chi connectivity index (χ3n) is 2.43. The summed E-state index contributed by atoms with van der Waals surface area (Å²) in [5, 5.41) is 9.67. The molecule has 3 heteroatoms. The van der Waals surface area contributed by atoms with Gasteiger partial charge in [0.25, 0.3) is 0 Å². The molecule has 0 aliphatic carbocycles. The van der Waals surface area contributed by atoms with Gasteiger partial charge < -0.3 is 14.6 Å². The van der Waals surface area contributed by atoms with Crippen LogP contribution in [0.15, 0.2) is 0 Å². The van der Waals surface area contributed by atoms with Crippen LogP contribution in [0.3, 0.4) is 0 Å². The van der Waals surface area contributed by atoms with Gasteiger partial charge in [0.15, 0.2) is 0 Å². The van der Waals surface area contributed by atoms with E-state index in [0.29, 0.717) is 12.5 Å². The number of aliphatic hydroxyl groups excluding tert-OH is 1. The summed E-state index contributed by atoms with van der Waals surface area (Å²) in [6, 6.07) is 0. The first-order valence-corrected chi connectivity index (χ1v) is 4.59. The maximum atomic E-state index is 9.67. The van der Waals surface area contributed by atoms with Crippen molar-refractivity contribution in [3.8, 4) is 0 Å². The lowest BCUT2D eigenvalue weighted by atomic mass is 9.92. The first-order chi connectivity index (χ1) is 5.84. The van der Waals surface area contributed by atoms with E-state index < -0.39 is 0 Å². The maximum absolute atomic E-state index is 9.67. The third-order valence-corrected chi connectivity index (χ3v) is 2.43. The van der Waals surface area contributed by atoms with E-state index in [0.717, 1.165) is 32.5 Å². The van der Waals surface area contributed by atoms with Gasteiger partial charge in [-0.05, 0) is 25.2 Å². The highest BCUT2D eigenvalue weighted by molar-refractivity contribution is 4.71. The van der Waals surface area contributed by atoms with Crippen LogP contribution in [0.5, 0.6) is 0 Å². The van der Waals surface area contributed by atoms with Crippen molar-refractivity contribution in [2.45, 2.75) is 25.4 Å². The summed E-state index contributed by atoms with van der Waals surface area (Å²) >= 11 is 0. The molecule has 0 aromatic carbocycles. The number of ether oxygens (including phenoxy) is 2. The molecule has 12 heavy (non-hydrogen) atoms. The van der Waals surface area contributed by atoms with Crippen LogP contribution in [0, 0.1) is 5.92 Å². The van der Waals surface area contributed by atoms with E-state index in [1.807, 2.05) is 0 Å². The minimum absolute atomic E-state index is 0.200. The van der Waals surface area contributed by atoms with Crippen molar-refractivity contribution < 1.29 is 14.6 Å². The van der Waals surface area contributed by atoms with E-state index in [2.05, 4.69) is 0 Å². The lowest BCUT2D eigenvalue weighted by Gasteiger charge is -2.26. The Morgan fingerprint density at radius 3 is 2.75 bits per heavy atom. The van der Waals surface area contributed by atoms with Crippen molar-refractivity contribution in [1.82, 2.24) is 0 Å². The maximum Gasteiger partial charge on any atom is 0.0592 e. The molecule has 1 rings (SSSR count). The zero-order valence-electron chi connectivity index (χ0n) is 7.66. The van der Waals surface area contributed by atoms with Gasteiger partial charge in [-0.2, -0.15) is 0 Å². The summed E-state index contributed by atoms with van der Waals surface area (Å²) in [6.07, 6.45) is 2.53. The second kappa shape index (κ2) is 5.51. The summed E-state index contributed by atoms with van der Waals surface area (Å²) in [4.78, 5) is 0. The van der Waals surface area contributed by atoms with Gasteiger partial charge >= 0.3 is 0 Å². The van der Waals surface area contributed by atoms with Crippen LogP contribution in [0.2, 0.25) is 0 Å². The van der Waals surface area contributed by atoms with Crippen LogP contribution in [-0.2, 0) is 9.47 Å². The second-order valence-electron chi connectivity index (χ2n) is 3.30. The van der Waals surface area contributed by atoms with Crippen LogP contribution >= 0.6 is 0 Å². The van der Waals surface area contributed by atoms with Crippen LogP contribution in [0.4, 0.5) is 0 Å². The van der Waals surface area contributed by atoms with E-state index in [1.54, 1.807) is 7.11 Å². The molecular formula is C9H18O3. The van der Waals surface area contributed by atoms with Gasteiger partial charge in [0.1, 0.15) is 0 Å². The van der Waals surface area contributed by atoms with Gasteiger partial charge in [-0.25, -0.2) is 0 Å². The minimum atomic E-state index is -0.200. The molecular weight excluding hydrogens is 156 g/mol. The molecule has 1 saturated heterocycles. The van der Waals surface area contributed by atoms with E-state index in [1.165, 1.54) is 0 Å². The van der Waals surface area contributed by atoms with Gasteiger partial charge in [-0.15, -0.1) is 0 Å².